The van der Waals surface area contributed by atoms with E-state index in [-0.39, 0.29) is 35.9 Å². The van der Waals surface area contributed by atoms with Crippen molar-refractivity contribution in [3.63, 3.8) is 0 Å². The van der Waals surface area contributed by atoms with Gasteiger partial charge in [-0.2, -0.15) is 0 Å². The highest BCUT2D eigenvalue weighted by molar-refractivity contribution is 5.85. The van der Waals surface area contributed by atoms with Gasteiger partial charge in [-0.3, -0.25) is 0 Å². The Hall–Kier alpha value is 0.500. The lowest BCUT2D eigenvalue weighted by molar-refractivity contribution is 0.309. The highest BCUT2D eigenvalue weighted by Crippen LogP contribution is 2.13. The van der Waals surface area contributed by atoms with Crippen LogP contribution in [0.15, 0.2) is 0 Å². The highest BCUT2D eigenvalue weighted by Gasteiger charge is 2.28. The maximum absolute atomic E-state index is 5.69. The van der Waals surface area contributed by atoms with Crippen molar-refractivity contribution >= 4 is 24.8 Å². The lowest BCUT2D eigenvalue weighted by Gasteiger charge is -2.34. The minimum atomic E-state index is -0.285. The summed E-state index contributed by atoms with van der Waals surface area (Å²) in [4.78, 5) is 0. The van der Waals surface area contributed by atoms with Crippen molar-refractivity contribution in [1.29, 1.82) is 0 Å². The standard InChI is InChI=1S/C6H16N2.2ClH/c1-5(2,7)6(3,4)8;;/h7-8H2,1-4H3;2*1H. The van der Waals surface area contributed by atoms with E-state index in [2.05, 4.69) is 0 Å². The van der Waals surface area contributed by atoms with Gasteiger partial charge in [-0.05, 0) is 27.7 Å². The van der Waals surface area contributed by atoms with Gasteiger partial charge in [0, 0.05) is 11.1 Å². The molecule has 0 bridgehead atoms. The molecule has 10 heavy (non-hydrogen) atoms. The Balaban J connectivity index is -0.000000245. The first-order valence-electron chi connectivity index (χ1n) is 2.83. The second kappa shape index (κ2) is 4.39. The van der Waals surface area contributed by atoms with Gasteiger partial charge in [-0.25, -0.2) is 0 Å². The summed E-state index contributed by atoms with van der Waals surface area (Å²) in [5.41, 5.74) is 10.8. The summed E-state index contributed by atoms with van der Waals surface area (Å²) in [5.74, 6) is 0. The van der Waals surface area contributed by atoms with Gasteiger partial charge in [-0.1, -0.05) is 0 Å². The van der Waals surface area contributed by atoms with E-state index in [4.69, 9.17) is 11.5 Å². The third kappa shape index (κ3) is 5.30. The molecule has 0 aromatic heterocycles. The van der Waals surface area contributed by atoms with E-state index in [0.717, 1.165) is 0 Å². The summed E-state index contributed by atoms with van der Waals surface area (Å²) < 4.78 is 0. The topological polar surface area (TPSA) is 52.0 Å². The maximum Gasteiger partial charge on any atom is 0.0274 e. The first-order chi connectivity index (χ1) is 3.25. The van der Waals surface area contributed by atoms with Gasteiger partial charge in [0.2, 0.25) is 0 Å². The monoisotopic (exact) mass is 188 g/mol. The van der Waals surface area contributed by atoms with Crippen molar-refractivity contribution in [2.24, 2.45) is 11.5 Å². The van der Waals surface area contributed by atoms with Crippen LogP contribution >= 0.6 is 24.8 Å². The van der Waals surface area contributed by atoms with Crippen LogP contribution in [-0.4, -0.2) is 11.1 Å². The fourth-order valence-electron chi connectivity index (χ4n) is 0. The molecule has 0 aromatic rings. The summed E-state index contributed by atoms with van der Waals surface area (Å²) in [6.45, 7) is 7.69. The zero-order valence-electron chi connectivity index (χ0n) is 6.97. The van der Waals surface area contributed by atoms with Gasteiger partial charge >= 0.3 is 0 Å². The molecular weight excluding hydrogens is 171 g/mol. The molecule has 0 atom stereocenters. The second-order valence-corrected chi connectivity index (χ2v) is 3.44. The summed E-state index contributed by atoms with van der Waals surface area (Å²) in [7, 11) is 0. The van der Waals surface area contributed by atoms with Gasteiger partial charge in [0.25, 0.3) is 0 Å². The molecule has 0 saturated heterocycles. The number of rotatable bonds is 1. The van der Waals surface area contributed by atoms with Gasteiger partial charge in [0.15, 0.2) is 0 Å². The largest absolute Gasteiger partial charge is 0.324 e. The zero-order valence-corrected chi connectivity index (χ0v) is 8.60. The Morgan fingerprint density at radius 2 is 0.800 bits per heavy atom. The lowest BCUT2D eigenvalue weighted by Crippen LogP contribution is -2.58. The van der Waals surface area contributed by atoms with Crippen molar-refractivity contribution < 1.29 is 0 Å². The Kier molecular flexibility index (Phi) is 7.40. The molecule has 4 N–H and O–H groups in total. The quantitative estimate of drug-likeness (QED) is 0.653. The predicted octanol–water partition coefficient (Wildman–Crippen LogP) is 1.30. The van der Waals surface area contributed by atoms with Gasteiger partial charge in [-0.15, -0.1) is 24.8 Å². The highest BCUT2D eigenvalue weighted by atomic mass is 35.5. The first kappa shape index (κ1) is 16.8. The first-order valence-corrected chi connectivity index (χ1v) is 2.83. The summed E-state index contributed by atoms with van der Waals surface area (Å²) in [6.07, 6.45) is 0. The number of nitrogens with two attached hydrogens (primary N) is 2. The molecule has 0 aliphatic carbocycles. The van der Waals surface area contributed by atoms with Crippen LogP contribution in [-0.2, 0) is 0 Å². The molecule has 66 valence electrons. The molecule has 0 heterocycles. The second-order valence-electron chi connectivity index (χ2n) is 3.44. The van der Waals surface area contributed by atoms with Crippen molar-refractivity contribution in [2.45, 2.75) is 38.8 Å². The third-order valence-electron chi connectivity index (χ3n) is 1.66. The van der Waals surface area contributed by atoms with Crippen LogP contribution in [0.25, 0.3) is 0 Å². The van der Waals surface area contributed by atoms with Gasteiger partial charge in [0.1, 0.15) is 0 Å². The van der Waals surface area contributed by atoms with Crippen LogP contribution in [0.1, 0.15) is 27.7 Å². The summed E-state index contributed by atoms with van der Waals surface area (Å²) in [5, 5.41) is 0. The molecule has 0 unspecified atom stereocenters. The minimum Gasteiger partial charge on any atom is -0.324 e. The Bertz CT molecular complexity index is 68.7. The van der Waals surface area contributed by atoms with Crippen LogP contribution in [0.5, 0.6) is 0 Å². The smallest absolute Gasteiger partial charge is 0.0274 e. The molecule has 0 aliphatic heterocycles. The predicted molar refractivity (Wildman–Crippen MR) is 51.0 cm³/mol. The van der Waals surface area contributed by atoms with Crippen LogP contribution in [0.2, 0.25) is 0 Å². The molecule has 2 nitrogen and oxygen atoms in total. The molecule has 0 spiro atoms. The Morgan fingerprint density at radius 1 is 0.700 bits per heavy atom. The number of halogens is 2. The summed E-state index contributed by atoms with van der Waals surface area (Å²) in [6, 6.07) is 0. The molecular formula is C6H18Cl2N2. The van der Waals surface area contributed by atoms with Crippen LogP contribution in [0.4, 0.5) is 0 Å². The van der Waals surface area contributed by atoms with Gasteiger partial charge in [0.05, 0.1) is 0 Å². The van der Waals surface area contributed by atoms with E-state index in [9.17, 15) is 0 Å². The van der Waals surface area contributed by atoms with Crippen LogP contribution in [0.3, 0.4) is 0 Å². The average molecular weight is 189 g/mol. The molecule has 0 aromatic carbocycles. The molecule has 0 amide bonds. The molecule has 0 fully saturated rings. The lowest BCUT2D eigenvalue weighted by atomic mass is 9.85. The average Bonchev–Trinajstić information content (AvgIpc) is 1.25. The van der Waals surface area contributed by atoms with Crippen LogP contribution in [0, 0.1) is 0 Å². The van der Waals surface area contributed by atoms with Crippen molar-refractivity contribution in [1.82, 2.24) is 0 Å². The van der Waals surface area contributed by atoms with Crippen LogP contribution < -0.4 is 11.5 Å². The SMILES string of the molecule is CC(C)(N)C(C)(C)N.Cl.Cl. The van der Waals surface area contributed by atoms with E-state index >= 15 is 0 Å². The molecule has 0 rings (SSSR count). The zero-order chi connectivity index (χ0) is 7.00. The number of hydrogen-bond acceptors (Lipinski definition) is 2. The molecule has 0 aliphatic rings. The molecule has 0 saturated carbocycles. The van der Waals surface area contributed by atoms with Crippen molar-refractivity contribution in [3.05, 3.63) is 0 Å². The minimum absolute atomic E-state index is 0. The van der Waals surface area contributed by atoms with E-state index in [1.165, 1.54) is 0 Å². The fourth-order valence-corrected chi connectivity index (χ4v) is 0. The van der Waals surface area contributed by atoms with E-state index in [0.29, 0.717) is 0 Å². The van der Waals surface area contributed by atoms with E-state index in [1.807, 2.05) is 27.7 Å². The third-order valence-corrected chi connectivity index (χ3v) is 1.66. The number of hydrogen-bond donors (Lipinski definition) is 2. The molecule has 0 radical (unpaired) electrons. The molecule has 4 heteroatoms. The maximum atomic E-state index is 5.69. The van der Waals surface area contributed by atoms with Crippen molar-refractivity contribution in [2.75, 3.05) is 0 Å². The normalized spacial score (nSPS) is 11.4. The van der Waals surface area contributed by atoms with Crippen molar-refractivity contribution in [3.8, 4) is 0 Å². The van der Waals surface area contributed by atoms with E-state index < -0.39 is 0 Å². The Labute approximate surface area is 75.5 Å². The Morgan fingerprint density at radius 3 is 0.800 bits per heavy atom. The summed E-state index contributed by atoms with van der Waals surface area (Å²) >= 11 is 0. The fraction of sp³-hybridized carbons (Fsp3) is 1.00. The van der Waals surface area contributed by atoms with E-state index in [1.54, 1.807) is 0 Å². The van der Waals surface area contributed by atoms with Gasteiger partial charge < -0.3 is 11.5 Å².